The van der Waals surface area contributed by atoms with E-state index in [0.29, 0.717) is 29.0 Å². The molecule has 1 aliphatic rings. The molecule has 186 valence electrons. The summed E-state index contributed by atoms with van der Waals surface area (Å²) in [6.07, 6.45) is 7.80. The summed E-state index contributed by atoms with van der Waals surface area (Å²) < 4.78 is 23.3. The van der Waals surface area contributed by atoms with E-state index < -0.39 is 0 Å². The Morgan fingerprint density at radius 2 is 1.69 bits per heavy atom. The van der Waals surface area contributed by atoms with Gasteiger partial charge in [0, 0.05) is 41.5 Å². The molecule has 2 aromatic carbocycles. The van der Waals surface area contributed by atoms with E-state index >= 15 is 0 Å². The van der Waals surface area contributed by atoms with Crippen LogP contribution < -0.4 is 29.0 Å². The molecule has 9 heteroatoms. The number of benzene rings is 2. The zero-order valence-electron chi connectivity index (χ0n) is 20.6. The summed E-state index contributed by atoms with van der Waals surface area (Å²) in [6, 6.07) is 9.40. The first-order valence-corrected chi connectivity index (χ1v) is 12.6. The van der Waals surface area contributed by atoms with E-state index in [0.717, 1.165) is 40.6 Å². The summed E-state index contributed by atoms with van der Waals surface area (Å²) in [6.45, 7) is 3.93. The molecule has 0 bridgehead atoms. The van der Waals surface area contributed by atoms with Gasteiger partial charge in [0.25, 0.3) is 0 Å². The summed E-state index contributed by atoms with van der Waals surface area (Å²) in [5, 5.41) is 3.74. The van der Waals surface area contributed by atoms with Crippen molar-refractivity contribution in [3.63, 3.8) is 0 Å². The number of carbonyl (C=O) groups excluding carboxylic acids is 1. The number of carbonyl (C=O) groups is 1. The number of hydrogen-bond acceptors (Lipinski definition) is 7. The molecule has 0 saturated heterocycles. The number of amides is 2. The van der Waals surface area contributed by atoms with E-state index in [1.165, 1.54) is 31.4 Å². The number of pyridine rings is 1. The SMILES string of the molecule is COc1cc2nccc(Oc3ccc(NC(=O)NSNC4CCCCC4)c(C)c3C)c2cc1OC. The van der Waals surface area contributed by atoms with Crippen LogP contribution in [0.1, 0.15) is 43.2 Å². The number of urea groups is 1. The topological polar surface area (TPSA) is 93.7 Å². The van der Waals surface area contributed by atoms with Crippen molar-refractivity contribution in [1.29, 1.82) is 0 Å². The van der Waals surface area contributed by atoms with E-state index in [2.05, 4.69) is 19.7 Å². The van der Waals surface area contributed by atoms with Gasteiger partial charge in [-0.25, -0.2) is 9.52 Å². The minimum absolute atomic E-state index is 0.268. The van der Waals surface area contributed by atoms with Crippen LogP contribution in [0.5, 0.6) is 23.0 Å². The lowest BCUT2D eigenvalue weighted by atomic mass is 9.96. The zero-order valence-corrected chi connectivity index (χ0v) is 21.4. The molecule has 0 spiro atoms. The van der Waals surface area contributed by atoms with Gasteiger partial charge >= 0.3 is 6.03 Å². The summed E-state index contributed by atoms with van der Waals surface area (Å²) in [7, 11) is 3.19. The van der Waals surface area contributed by atoms with E-state index in [9.17, 15) is 4.79 Å². The molecule has 1 heterocycles. The van der Waals surface area contributed by atoms with Crippen molar-refractivity contribution in [1.82, 2.24) is 14.4 Å². The first kappa shape index (κ1) is 24.9. The van der Waals surface area contributed by atoms with Crippen LogP contribution in [-0.2, 0) is 0 Å². The van der Waals surface area contributed by atoms with Crippen LogP contribution in [0.15, 0.2) is 36.5 Å². The number of nitrogens with zero attached hydrogens (tertiary/aromatic N) is 1. The minimum atomic E-state index is -0.268. The van der Waals surface area contributed by atoms with Crippen molar-refractivity contribution in [3.05, 3.63) is 47.7 Å². The fourth-order valence-corrected chi connectivity index (χ4v) is 4.83. The molecule has 0 unspecified atom stereocenters. The van der Waals surface area contributed by atoms with Gasteiger partial charge in [-0.3, -0.25) is 9.71 Å². The maximum absolute atomic E-state index is 12.4. The van der Waals surface area contributed by atoms with Crippen molar-refractivity contribution in [2.45, 2.75) is 52.0 Å². The van der Waals surface area contributed by atoms with Crippen LogP contribution in [-0.4, -0.2) is 31.3 Å². The molecule has 8 nitrogen and oxygen atoms in total. The highest BCUT2D eigenvalue weighted by Crippen LogP contribution is 2.38. The van der Waals surface area contributed by atoms with Crippen LogP contribution >= 0.6 is 12.1 Å². The monoisotopic (exact) mass is 496 g/mol. The van der Waals surface area contributed by atoms with Crippen molar-refractivity contribution in [2.75, 3.05) is 19.5 Å². The maximum atomic E-state index is 12.4. The number of methoxy groups -OCH3 is 2. The Balaban J connectivity index is 1.45. The van der Waals surface area contributed by atoms with E-state index in [-0.39, 0.29) is 6.03 Å². The third-order valence-corrected chi connectivity index (χ3v) is 7.13. The molecule has 3 aromatic rings. The van der Waals surface area contributed by atoms with Gasteiger partial charge in [-0.15, -0.1) is 0 Å². The average molecular weight is 497 g/mol. The second-order valence-corrected chi connectivity index (χ2v) is 9.25. The van der Waals surface area contributed by atoms with Crippen molar-refractivity contribution in [3.8, 4) is 23.0 Å². The molecule has 1 aromatic heterocycles. The first-order valence-electron chi connectivity index (χ1n) is 11.8. The average Bonchev–Trinajstić information content (AvgIpc) is 2.88. The minimum Gasteiger partial charge on any atom is -0.493 e. The highest BCUT2D eigenvalue weighted by atomic mass is 32.2. The van der Waals surface area contributed by atoms with Crippen molar-refractivity contribution in [2.24, 2.45) is 0 Å². The number of aromatic nitrogens is 1. The normalized spacial score (nSPS) is 13.9. The molecular weight excluding hydrogens is 464 g/mol. The van der Waals surface area contributed by atoms with Gasteiger partial charge < -0.3 is 19.5 Å². The largest absolute Gasteiger partial charge is 0.493 e. The lowest BCUT2D eigenvalue weighted by Gasteiger charge is -2.22. The van der Waals surface area contributed by atoms with Gasteiger partial charge in [-0.2, -0.15) is 0 Å². The fourth-order valence-electron chi connectivity index (χ4n) is 4.22. The molecule has 0 aliphatic heterocycles. The smallest absolute Gasteiger partial charge is 0.330 e. The Morgan fingerprint density at radius 3 is 2.43 bits per heavy atom. The standard InChI is InChI=1S/C26H32N4O4S/c1-16-17(2)22(11-10-20(16)28-26(31)30-35-29-18-8-6-5-7-9-18)34-23-12-13-27-21-15-25(33-4)24(32-3)14-19(21)23/h10-15,18,29H,5-9H2,1-4H3,(H2,28,30,31). The summed E-state index contributed by atoms with van der Waals surface area (Å²) >= 11 is 1.25. The molecule has 3 N–H and O–H groups in total. The van der Waals surface area contributed by atoms with Gasteiger partial charge in [0.05, 0.1) is 19.7 Å². The van der Waals surface area contributed by atoms with E-state index in [4.69, 9.17) is 14.2 Å². The molecule has 2 amide bonds. The molecule has 1 aliphatic carbocycles. The molecule has 4 rings (SSSR count). The van der Waals surface area contributed by atoms with Crippen LogP contribution in [0, 0.1) is 13.8 Å². The zero-order chi connectivity index (χ0) is 24.8. The predicted octanol–water partition coefficient (Wildman–Crippen LogP) is 6.27. The molecule has 35 heavy (non-hydrogen) atoms. The maximum Gasteiger partial charge on any atom is 0.330 e. The summed E-state index contributed by atoms with van der Waals surface area (Å²) in [5.74, 6) is 2.57. The molecule has 1 saturated carbocycles. The summed E-state index contributed by atoms with van der Waals surface area (Å²) in [4.78, 5) is 16.8. The van der Waals surface area contributed by atoms with Crippen LogP contribution in [0.4, 0.5) is 10.5 Å². The highest BCUT2D eigenvalue weighted by Gasteiger charge is 2.16. The quantitative estimate of drug-likeness (QED) is 0.317. The molecule has 0 radical (unpaired) electrons. The Labute approximate surface area is 210 Å². The Morgan fingerprint density at radius 1 is 0.943 bits per heavy atom. The Hall–Kier alpha value is -3.17. The number of anilines is 1. The predicted molar refractivity (Wildman–Crippen MR) is 141 cm³/mol. The third-order valence-electron chi connectivity index (χ3n) is 6.39. The number of nitrogens with one attached hydrogen (secondary N) is 3. The Kier molecular flexibility index (Phi) is 8.20. The lowest BCUT2D eigenvalue weighted by molar-refractivity contribution is 0.257. The van der Waals surface area contributed by atoms with Crippen molar-refractivity contribution < 1.29 is 19.0 Å². The van der Waals surface area contributed by atoms with Gasteiger partial charge in [-0.1, -0.05) is 19.3 Å². The molecule has 1 fully saturated rings. The first-order chi connectivity index (χ1) is 17.0. The van der Waals surface area contributed by atoms with Gasteiger partial charge in [-0.05, 0) is 62.1 Å². The lowest BCUT2D eigenvalue weighted by Crippen LogP contribution is -2.32. The fraction of sp³-hybridized carbons (Fsp3) is 0.385. The van der Waals surface area contributed by atoms with Crippen LogP contribution in [0.3, 0.4) is 0 Å². The second kappa shape index (κ2) is 11.5. The van der Waals surface area contributed by atoms with Crippen LogP contribution in [0.2, 0.25) is 0 Å². The highest BCUT2D eigenvalue weighted by molar-refractivity contribution is 7.96. The Bertz CT molecular complexity index is 1200. The number of ether oxygens (including phenoxy) is 3. The molecule has 0 atom stereocenters. The second-order valence-electron chi connectivity index (χ2n) is 8.61. The number of rotatable bonds is 8. The van der Waals surface area contributed by atoms with Crippen molar-refractivity contribution >= 4 is 34.8 Å². The summed E-state index contributed by atoms with van der Waals surface area (Å²) in [5.41, 5.74) is 3.34. The number of hydrogen-bond donors (Lipinski definition) is 3. The van der Waals surface area contributed by atoms with Crippen LogP contribution in [0.25, 0.3) is 10.9 Å². The molecular formula is C26H32N4O4S. The van der Waals surface area contributed by atoms with E-state index in [1.807, 2.05) is 44.2 Å². The van der Waals surface area contributed by atoms with Gasteiger partial charge in [0.15, 0.2) is 11.5 Å². The third kappa shape index (κ3) is 5.91. The van der Waals surface area contributed by atoms with Gasteiger partial charge in [0.2, 0.25) is 0 Å². The van der Waals surface area contributed by atoms with E-state index in [1.54, 1.807) is 20.4 Å². The number of fused-ring (bicyclic) bond motifs is 1. The van der Waals surface area contributed by atoms with Gasteiger partial charge in [0.1, 0.15) is 11.5 Å².